The van der Waals surface area contributed by atoms with Crippen molar-refractivity contribution in [1.29, 1.82) is 0 Å². The van der Waals surface area contributed by atoms with Gasteiger partial charge in [-0.3, -0.25) is 4.79 Å². The first-order chi connectivity index (χ1) is 9.77. The van der Waals surface area contributed by atoms with Crippen LogP contribution in [0.25, 0.3) is 0 Å². The number of nitrogens with two attached hydrogens (primary N) is 1. The smallest absolute Gasteiger partial charge is 0.227 e. The fourth-order valence-electron chi connectivity index (χ4n) is 3.28. The number of carbonyl (C=O) groups excluding carboxylic acids is 1. The van der Waals surface area contributed by atoms with Gasteiger partial charge < -0.3 is 20.1 Å². The van der Waals surface area contributed by atoms with Crippen molar-refractivity contribution in [1.82, 2.24) is 4.90 Å². The molecule has 1 atom stereocenters. The van der Waals surface area contributed by atoms with Gasteiger partial charge in [-0.1, -0.05) is 0 Å². The van der Waals surface area contributed by atoms with Crippen LogP contribution in [0.4, 0.5) is 0 Å². The molecule has 1 amide bonds. The average molecular weight is 298 g/mol. The van der Waals surface area contributed by atoms with Crippen LogP contribution in [0, 0.1) is 11.8 Å². The van der Waals surface area contributed by atoms with Crippen LogP contribution in [0.5, 0.6) is 0 Å². The van der Waals surface area contributed by atoms with E-state index >= 15 is 0 Å². The highest BCUT2D eigenvalue weighted by Crippen LogP contribution is 2.32. The van der Waals surface area contributed by atoms with Crippen molar-refractivity contribution in [3.8, 4) is 0 Å². The minimum atomic E-state index is -0.292. The molecule has 2 rings (SSSR count). The molecule has 2 heterocycles. The molecule has 2 aliphatic heterocycles. The molecule has 2 aliphatic rings. The topological polar surface area (TPSA) is 64.8 Å². The predicted molar refractivity (Wildman–Crippen MR) is 81.9 cm³/mol. The number of nitrogens with zero attached hydrogens (tertiary/aromatic N) is 1. The van der Waals surface area contributed by atoms with E-state index in [9.17, 15) is 4.79 Å². The molecule has 122 valence electrons. The summed E-state index contributed by atoms with van der Waals surface area (Å²) in [6.45, 7) is 11.3. The van der Waals surface area contributed by atoms with Crippen molar-refractivity contribution in [3.05, 3.63) is 0 Å². The first kappa shape index (κ1) is 16.7. The fraction of sp³-hybridized carbons (Fsp3) is 0.938. The summed E-state index contributed by atoms with van der Waals surface area (Å²) in [6.07, 6.45) is 1.86. The van der Waals surface area contributed by atoms with E-state index in [4.69, 9.17) is 15.2 Å². The van der Waals surface area contributed by atoms with Crippen LogP contribution < -0.4 is 5.73 Å². The van der Waals surface area contributed by atoms with Gasteiger partial charge in [0.1, 0.15) is 0 Å². The van der Waals surface area contributed by atoms with E-state index in [1.165, 1.54) is 0 Å². The number of ether oxygens (including phenoxy) is 2. The predicted octanol–water partition coefficient (Wildman–Crippen LogP) is 1.40. The molecular weight excluding hydrogens is 268 g/mol. The lowest BCUT2D eigenvalue weighted by Gasteiger charge is -2.50. The Morgan fingerprint density at radius 2 is 1.90 bits per heavy atom. The summed E-state index contributed by atoms with van der Waals surface area (Å²) in [5, 5.41) is 0. The Balaban J connectivity index is 2.14. The van der Waals surface area contributed by atoms with E-state index in [0.717, 1.165) is 26.1 Å². The van der Waals surface area contributed by atoms with Gasteiger partial charge in [-0.2, -0.15) is 0 Å². The molecule has 0 aromatic carbocycles. The monoisotopic (exact) mass is 298 g/mol. The zero-order chi connectivity index (χ0) is 15.7. The van der Waals surface area contributed by atoms with Crippen molar-refractivity contribution >= 4 is 5.91 Å². The molecule has 1 unspecified atom stereocenters. The van der Waals surface area contributed by atoms with Crippen LogP contribution in [0.1, 0.15) is 40.5 Å². The molecule has 2 saturated heterocycles. The molecule has 0 bridgehead atoms. The van der Waals surface area contributed by atoms with E-state index in [-0.39, 0.29) is 23.0 Å². The second-order valence-electron chi connectivity index (χ2n) is 7.58. The zero-order valence-electron chi connectivity index (χ0n) is 13.9. The molecule has 2 N–H and O–H groups in total. The lowest BCUT2D eigenvalue weighted by atomic mass is 9.83. The van der Waals surface area contributed by atoms with Gasteiger partial charge in [-0.05, 0) is 46.5 Å². The van der Waals surface area contributed by atoms with Crippen molar-refractivity contribution in [2.75, 3.05) is 32.9 Å². The molecule has 2 fully saturated rings. The number of hydrogen-bond acceptors (Lipinski definition) is 4. The van der Waals surface area contributed by atoms with E-state index in [1.807, 2.05) is 18.7 Å². The Morgan fingerprint density at radius 1 is 1.29 bits per heavy atom. The Hall–Kier alpha value is -0.650. The summed E-state index contributed by atoms with van der Waals surface area (Å²) in [6, 6.07) is 0. The summed E-state index contributed by atoms with van der Waals surface area (Å²) in [5.74, 6) is 0.436. The highest BCUT2D eigenvalue weighted by Gasteiger charge is 2.44. The molecule has 0 radical (unpaired) electrons. The van der Waals surface area contributed by atoms with Gasteiger partial charge >= 0.3 is 0 Å². The van der Waals surface area contributed by atoms with Gasteiger partial charge in [0.25, 0.3) is 0 Å². The second kappa shape index (κ2) is 6.23. The normalized spacial score (nSPS) is 27.4. The van der Waals surface area contributed by atoms with E-state index < -0.39 is 0 Å². The second-order valence-corrected chi connectivity index (χ2v) is 7.58. The molecule has 21 heavy (non-hydrogen) atoms. The molecule has 0 spiro atoms. The van der Waals surface area contributed by atoms with Crippen LogP contribution >= 0.6 is 0 Å². The lowest BCUT2D eigenvalue weighted by Crippen LogP contribution is -2.63. The Kier molecular flexibility index (Phi) is 4.96. The first-order valence-electron chi connectivity index (χ1n) is 8.00. The van der Waals surface area contributed by atoms with Crippen LogP contribution in [0.3, 0.4) is 0 Å². The van der Waals surface area contributed by atoms with Gasteiger partial charge in [0.2, 0.25) is 5.91 Å². The summed E-state index contributed by atoms with van der Waals surface area (Å²) in [4.78, 5) is 15.1. The molecular formula is C16H30N2O3. The summed E-state index contributed by atoms with van der Waals surface area (Å²) in [5.41, 5.74) is 5.38. The molecule has 0 saturated carbocycles. The number of morpholine rings is 1. The van der Waals surface area contributed by atoms with E-state index in [2.05, 4.69) is 13.8 Å². The van der Waals surface area contributed by atoms with E-state index in [0.29, 0.717) is 25.6 Å². The number of carbonyl (C=O) groups is 1. The average Bonchev–Trinajstić information content (AvgIpc) is 2.44. The molecule has 0 aliphatic carbocycles. The number of amides is 1. The maximum Gasteiger partial charge on any atom is 0.227 e. The van der Waals surface area contributed by atoms with Crippen LogP contribution in [0.15, 0.2) is 0 Å². The van der Waals surface area contributed by atoms with E-state index in [1.54, 1.807) is 0 Å². The first-order valence-corrected chi connectivity index (χ1v) is 8.00. The van der Waals surface area contributed by atoms with Gasteiger partial charge in [0.15, 0.2) is 0 Å². The maximum absolute atomic E-state index is 13.1. The Bertz CT molecular complexity index is 376. The molecule has 0 aromatic rings. The van der Waals surface area contributed by atoms with Gasteiger partial charge in [0.05, 0.1) is 23.7 Å². The van der Waals surface area contributed by atoms with Gasteiger partial charge in [-0.25, -0.2) is 0 Å². The standard InChI is InChI=1S/C16H30N2O3/c1-15(2)11-21-16(3,4)10-18(15)14(19)13(9-17)12-5-7-20-8-6-12/h12-13H,5-11,17H2,1-4H3. The van der Waals surface area contributed by atoms with Gasteiger partial charge in [-0.15, -0.1) is 0 Å². The Labute approximate surface area is 128 Å². The van der Waals surface area contributed by atoms with Crippen molar-refractivity contribution in [2.45, 2.75) is 51.7 Å². The third kappa shape index (κ3) is 3.76. The zero-order valence-corrected chi connectivity index (χ0v) is 13.9. The molecule has 0 aromatic heterocycles. The van der Waals surface area contributed by atoms with Crippen molar-refractivity contribution in [3.63, 3.8) is 0 Å². The van der Waals surface area contributed by atoms with Gasteiger partial charge in [0, 0.05) is 26.3 Å². The molecule has 5 nitrogen and oxygen atoms in total. The third-order valence-corrected chi connectivity index (χ3v) is 4.76. The van der Waals surface area contributed by atoms with Crippen molar-refractivity contribution < 1.29 is 14.3 Å². The SMILES string of the molecule is CC1(C)CN(C(=O)C(CN)C2CCOCC2)C(C)(C)CO1. The minimum absolute atomic E-state index is 0.0953. The summed E-state index contributed by atoms with van der Waals surface area (Å²) >= 11 is 0. The van der Waals surface area contributed by atoms with Crippen LogP contribution in [0.2, 0.25) is 0 Å². The largest absolute Gasteiger partial charge is 0.381 e. The van der Waals surface area contributed by atoms with Crippen LogP contribution in [-0.4, -0.2) is 54.9 Å². The van der Waals surface area contributed by atoms with Crippen molar-refractivity contribution in [2.24, 2.45) is 17.6 Å². The van der Waals surface area contributed by atoms with Crippen LogP contribution in [-0.2, 0) is 14.3 Å². The number of rotatable bonds is 3. The number of hydrogen-bond donors (Lipinski definition) is 1. The minimum Gasteiger partial charge on any atom is -0.381 e. The Morgan fingerprint density at radius 3 is 2.48 bits per heavy atom. The lowest BCUT2D eigenvalue weighted by molar-refractivity contribution is -0.174. The maximum atomic E-state index is 13.1. The molecule has 5 heteroatoms. The third-order valence-electron chi connectivity index (χ3n) is 4.76. The summed E-state index contributed by atoms with van der Waals surface area (Å²) in [7, 11) is 0. The quantitative estimate of drug-likeness (QED) is 0.855. The fourth-order valence-corrected chi connectivity index (χ4v) is 3.28. The summed E-state index contributed by atoms with van der Waals surface area (Å²) < 4.78 is 11.3. The highest BCUT2D eigenvalue weighted by atomic mass is 16.5. The highest BCUT2D eigenvalue weighted by molar-refractivity contribution is 5.80.